The first-order valence-corrected chi connectivity index (χ1v) is 6.75. The number of halogens is 2. The van der Waals surface area contributed by atoms with Crippen LogP contribution in [0.15, 0.2) is 12.4 Å². The van der Waals surface area contributed by atoms with Crippen molar-refractivity contribution in [2.45, 2.75) is 38.9 Å². The Kier molecular flexibility index (Phi) is 4.69. The second kappa shape index (κ2) is 6.30. The highest BCUT2D eigenvalue weighted by Crippen LogP contribution is 2.32. The monoisotopic (exact) mass is 286 g/mol. The maximum atomic E-state index is 12.7. The minimum absolute atomic E-state index is 0.0814. The zero-order chi connectivity index (χ0) is 14.7. The number of nitrogens with zero attached hydrogens (tertiary/aromatic N) is 3. The average Bonchev–Trinajstić information content (AvgIpc) is 3.09. The number of carbonyl (C=O) groups is 1. The van der Waals surface area contributed by atoms with Crippen LogP contribution in [0.3, 0.4) is 0 Å². The topological polar surface area (TPSA) is 50.2 Å². The van der Waals surface area contributed by atoms with Crippen molar-refractivity contribution >= 4 is 5.91 Å². The summed E-state index contributed by atoms with van der Waals surface area (Å²) in [5, 5.41) is 2.93. The standard InChI is InChI=1S/C13H20F2N4O/c1-9(10-3-4-10)17-12(20)8-18(2)7-11-16-5-6-19(11)13(14)15/h5-6,9-10,13H,3-4,7-8H2,1-2H3,(H,17,20). The van der Waals surface area contributed by atoms with Crippen LogP contribution in [0.25, 0.3) is 0 Å². The zero-order valence-electron chi connectivity index (χ0n) is 11.7. The van der Waals surface area contributed by atoms with Crippen LogP contribution in [0.4, 0.5) is 8.78 Å². The van der Waals surface area contributed by atoms with Crippen LogP contribution in [0, 0.1) is 5.92 Å². The molecule has 1 atom stereocenters. The van der Waals surface area contributed by atoms with Gasteiger partial charge in [0.1, 0.15) is 5.82 Å². The van der Waals surface area contributed by atoms with E-state index in [9.17, 15) is 13.6 Å². The van der Waals surface area contributed by atoms with Crippen molar-refractivity contribution in [3.05, 3.63) is 18.2 Å². The summed E-state index contributed by atoms with van der Waals surface area (Å²) in [5.41, 5.74) is 0. The van der Waals surface area contributed by atoms with Crippen LogP contribution in [0.1, 0.15) is 32.1 Å². The fourth-order valence-electron chi connectivity index (χ4n) is 2.20. The second-order valence-electron chi connectivity index (χ2n) is 5.39. The predicted molar refractivity (Wildman–Crippen MR) is 70.1 cm³/mol. The van der Waals surface area contributed by atoms with Gasteiger partial charge in [0, 0.05) is 18.4 Å². The van der Waals surface area contributed by atoms with Gasteiger partial charge in [-0.15, -0.1) is 0 Å². The molecule has 0 spiro atoms. The highest BCUT2D eigenvalue weighted by atomic mass is 19.3. The van der Waals surface area contributed by atoms with Crippen molar-refractivity contribution in [2.75, 3.05) is 13.6 Å². The molecule has 2 rings (SSSR count). The summed E-state index contributed by atoms with van der Waals surface area (Å²) < 4.78 is 26.1. The van der Waals surface area contributed by atoms with E-state index in [1.54, 1.807) is 11.9 Å². The van der Waals surface area contributed by atoms with E-state index >= 15 is 0 Å². The van der Waals surface area contributed by atoms with E-state index in [1.165, 1.54) is 25.2 Å². The van der Waals surface area contributed by atoms with Crippen LogP contribution >= 0.6 is 0 Å². The summed E-state index contributed by atoms with van der Waals surface area (Å²) >= 11 is 0. The van der Waals surface area contributed by atoms with Crippen molar-refractivity contribution in [2.24, 2.45) is 5.92 Å². The highest BCUT2D eigenvalue weighted by molar-refractivity contribution is 5.78. The molecule has 0 aromatic carbocycles. The van der Waals surface area contributed by atoms with Crippen LogP contribution < -0.4 is 5.32 Å². The predicted octanol–water partition coefficient (Wildman–Crippen LogP) is 1.62. The van der Waals surface area contributed by atoms with E-state index < -0.39 is 6.55 Å². The summed E-state index contributed by atoms with van der Waals surface area (Å²) in [6, 6.07) is 0.193. The number of nitrogens with one attached hydrogen (secondary N) is 1. The van der Waals surface area contributed by atoms with Crippen LogP contribution in [-0.4, -0.2) is 40.0 Å². The molecule has 0 aliphatic heterocycles. The number of alkyl halides is 2. The average molecular weight is 286 g/mol. The van der Waals surface area contributed by atoms with Gasteiger partial charge < -0.3 is 5.32 Å². The molecule has 1 saturated carbocycles. The van der Waals surface area contributed by atoms with E-state index in [0.29, 0.717) is 5.92 Å². The Morgan fingerprint density at radius 2 is 2.30 bits per heavy atom. The Labute approximate surface area is 117 Å². The Hall–Kier alpha value is -1.50. The Morgan fingerprint density at radius 1 is 1.60 bits per heavy atom. The Morgan fingerprint density at radius 3 is 2.90 bits per heavy atom. The summed E-state index contributed by atoms with van der Waals surface area (Å²) in [4.78, 5) is 17.4. The molecule has 20 heavy (non-hydrogen) atoms. The molecule has 1 heterocycles. The normalized spacial score (nSPS) is 16.7. The SMILES string of the molecule is CC(NC(=O)CN(C)Cc1nccn1C(F)F)C1CC1. The van der Waals surface area contributed by atoms with Crippen LogP contribution in [-0.2, 0) is 11.3 Å². The molecule has 1 aromatic heterocycles. The molecular weight excluding hydrogens is 266 g/mol. The zero-order valence-corrected chi connectivity index (χ0v) is 11.7. The first-order chi connectivity index (χ1) is 9.47. The first kappa shape index (κ1) is 14.9. The molecule has 1 aliphatic carbocycles. The van der Waals surface area contributed by atoms with E-state index in [1.807, 2.05) is 6.92 Å². The Balaban J connectivity index is 1.80. The molecule has 0 bridgehead atoms. The third kappa shape index (κ3) is 4.00. The van der Waals surface area contributed by atoms with Crippen molar-refractivity contribution in [3.8, 4) is 0 Å². The number of imidazole rings is 1. The number of hydrogen-bond donors (Lipinski definition) is 1. The minimum Gasteiger partial charge on any atom is -0.352 e. The van der Waals surface area contributed by atoms with Gasteiger partial charge in [-0.1, -0.05) is 0 Å². The minimum atomic E-state index is -2.61. The van der Waals surface area contributed by atoms with E-state index in [4.69, 9.17) is 0 Å². The molecule has 7 heteroatoms. The summed E-state index contributed by atoms with van der Waals surface area (Å²) in [7, 11) is 1.71. The van der Waals surface area contributed by atoms with Gasteiger partial charge in [0.05, 0.1) is 13.1 Å². The lowest BCUT2D eigenvalue weighted by atomic mass is 10.2. The molecule has 1 aliphatic rings. The number of hydrogen-bond acceptors (Lipinski definition) is 3. The van der Waals surface area contributed by atoms with E-state index in [0.717, 1.165) is 4.57 Å². The van der Waals surface area contributed by atoms with E-state index in [-0.39, 0.29) is 30.9 Å². The van der Waals surface area contributed by atoms with E-state index in [2.05, 4.69) is 10.3 Å². The molecule has 0 radical (unpaired) electrons. The highest BCUT2D eigenvalue weighted by Gasteiger charge is 2.29. The summed E-state index contributed by atoms with van der Waals surface area (Å²) in [6.45, 7) is -0.223. The maximum absolute atomic E-state index is 12.7. The molecule has 1 aromatic rings. The van der Waals surface area contributed by atoms with Gasteiger partial charge in [-0.25, -0.2) is 4.98 Å². The third-order valence-corrected chi connectivity index (χ3v) is 3.50. The number of rotatable bonds is 7. The smallest absolute Gasteiger partial charge is 0.319 e. The molecule has 5 nitrogen and oxygen atoms in total. The quantitative estimate of drug-likeness (QED) is 0.829. The van der Waals surface area contributed by atoms with Gasteiger partial charge in [-0.2, -0.15) is 8.78 Å². The summed E-state index contributed by atoms with van der Waals surface area (Å²) in [5.74, 6) is 0.773. The van der Waals surface area contributed by atoms with Gasteiger partial charge in [-0.05, 0) is 32.7 Å². The molecule has 1 unspecified atom stereocenters. The lowest BCUT2D eigenvalue weighted by Gasteiger charge is -2.19. The number of aromatic nitrogens is 2. The number of likely N-dealkylation sites (N-methyl/N-ethyl adjacent to an activating group) is 1. The maximum Gasteiger partial charge on any atom is 0.319 e. The molecule has 1 N–H and O–H groups in total. The molecule has 112 valence electrons. The van der Waals surface area contributed by atoms with Crippen molar-refractivity contribution in [1.29, 1.82) is 0 Å². The molecule has 1 fully saturated rings. The van der Waals surface area contributed by atoms with Gasteiger partial charge in [-0.3, -0.25) is 14.3 Å². The summed E-state index contributed by atoms with van der Waals surface area (Å²) in [6.07, 6.45) is 4.92. The van der Waals surface area contributed by atoms with Crippen molar-refractivity contribution in [3.63, 3.8) is 0 Å². The lowest BCUT2D eigenvalue weighted by molar-refractivity contribution is -0.122. The largest absolute Gasteiger partial charge is 0.352 e. The third-order valence-electron chi connectivity index (χ3n) is 3.50. The second-order valence-corrected chi connectivity index (χ2v) is 5.39. The number of amides is 1. The lowest BCUT2D eigenvalue weighted by Crippen LogP contribution is -2.40. The van der Waals surface area contributed by atoms with Crippen LogP contribution in [0.5, 0.6) is 0 Å². The molecule has 0 saturated heterocycles. The molecular formula is C13H20F2N4O. The first-order valence-electron chi connectivity index (χ1n) is 6.75. The van der Waals surface area contributed by atoms with Gasteiger partial charge in [0.25, 0.3) is 0 Å². The molecule has 1 amide bonds. The van der Waals surface area contributed by atoms with Gasteiger partial charge in [0.15, 0.2) is 0 Å². The fraction of sp³-hybridized carbons (Fsp3) is 0.692. The van der Waals surface area contributed by atoms with Crippen LogP contribution in [0.2, 0.25) is 0 Å². The Bertz CT molecular complexity index is 459. The van der Waals surface area contributed by atoms with Crippen molar-refractivity contribution < 1.29 is 13.6 Å². The van der Waals surface area contributed by atoms with Gasteiger partial charge in [0.2, 0.25) is 5.91 Å². The fourth-order valence-corrected chi connectivity index (χ4v) is 2.20. The van der Waals surface area contributed by atoms with Crippen molar-refractivity contribution in [1.82, 2.24) is 19.8 Å². The van der Waals surface area contributed by atoms with Gasteiger partial charge >= 0.3 is 6.55 Å². The number of carbonyl (C=O) groups excluding carboxylic acids is 1.